The first-order valence-corrected chi connectivity index (χ1v) is 4.27. The minimum absolute atomic E-state index is 0.174. The summed E-state index contributed by atoms with van der Waals surface area (Å²) in [6.45, 7) is 1.94. The molecule has 0 radical (unpaired) electrons. The Morgan fingerprint density at radius 1 is 1.54 bits per heavy atom. The maximum absolute atomic E-state index is 13.4. The number of halogens is 1. The zero-order valence-electron chi connectivity index (χ0n) is 7.88. The summed E-state index contributed by atoms with van der Waals surface area (Å²) in [5.74, 6) is -0.365. The molecule has 1 atom stereocenters. The van der Waals surface area contributed by atoms with Crippen LogP contribution < -0.4 is 5.73 Å². The lowest BCUT2D eigenvalue weighted by atomic mass is 10.1. The summed E-state index contributed by atoms with van der Waals surface area (Å²) in [6.07, 6.45) is 0.528. The molecule has 0 bridgehead atoms. The number of nitrogens with two attached hydrogens (primary N) is 1. The van der Waals surface area contributed by atoms with E-state index in [1.165, 1.54) is 0 Å². The Labute approximate surface area is 77.5 Å². The molecule has 72 valence electrons. The lowest BCUT2D eigenvalue weighted by molar-refractivity contribution is 0.0970. The van der Waals surface area contributed by atoms with Crippen molar-refractivity contribution >= 4 is 5.69 Å². The van der Waals surface area contributed by atoms with Crippen molar-refractivity contribution < 1.29 is 9.13 Å². The van der Waals surface area contributed by atoms with E-state index in [-0.39, 0.29) is 17.6 Å². The van der Waals surface area contributed by atoms with Crippen molar-refractivity contribution in [2.75, 3.05) is 12.8 Å². The fraction of sp³-hybridized carbons (Fsp3) is 0.400. The van der Waals surface area contributed by atoms with Gasteiger partial charge in [0, 0.05) is 12.7 Å². The number of hydrogen-bond acceptors (Lipinski definition) is 2. The Morgan fingerprint density at radius 3 is 2.77 bits per heavy atom. The van der Waals surface area contributed by atoms with Crippen LogP contribution in [0.5, 0.6) is 0 Å². The van der Waals surface area contributed by atoms with Gasteiger partial charge in [0.1, 0.15) is 0 Å². The highest BCUT2D eigenvalue weighted by Crippen LogP contribution is 2.25. The van der Waals surface area contributed by atoms with Gasteiger partial charge in [-0.2, -0.15) is 0 Å². The van der Waals surface area contributed by atoms with Gasteiger partial charge in [-0.25, -0.2) is 4.39 Å². The van der Waals surface area contributed by atoms with Crippen LogP contribution in [0.2, 0.25) is 0 Å². The number of ether oxygens (including phenoxy) is 1. The second-order valence-corrected chi connectivity index (χ2v) is 2.88. The molecule has 1 unspecified atom stereocenters. The van der Waals surface area contributed by atoms with E-state index in [1.54, 1.807) is 25.3 Å². The van der Waals surface area contributed by atoms with Gasteiger partial charge in [-0.15, -0.1) is 0 Å². The third-order valence-electron chi connectivity index (χ3n) is 2.06. The molecule has 0 aliphatic carbocycles. The SMILES string of the molecule is CCC(OC)c1cccc(N)c1F. The minimum Gasteiger partial charge on any atom is -0.396 e. The number of nitrogen functional groups attached to an aromatic ring is 1. The van der Waals surface area contributed by atoms with Crippen molar-refractivity contribution in [3.05, 3.63) is 29.6 Å². The van der Waals surface area contributed by atoms with Crippen LogP contribution in [0.1, 0.15) is 25.0 Å². The maximum Gasteiger partial charge on any atom is 0.151 e. The van der Waals surface area contributed by atoms with Gasteiger partial charge in [0.05, 0.1) is 11.8 Å². The average Bonchev–Trinajstić information content (AvgIpc) is 2.14. The highest BCUT2D eigenvalue weighted by molar-refractivity contribution is 5.43. The first kappa shape index (κ1) is 9.99. The van der Waals surface area contributed by atoms with Crippen LogP contribution in [0, 0.1) is 5.82 Å². The van der Waals surface area contributed by atoms with Gasteiger partial charge < -0.3 is 10.5 Å². The summed E-state index contributed by atoms with van der Waals surface area (Å²) in [5.41, 5.74) is 6.14. The normalized spacial score (nSPS) is 12.8. The van der Waals surface area contributed by atoms with Crippen LogP contribution in [-0.4, -0.2) is 7.11 Å². The first-order chi connectivity index (χ1) is 6.20. The number of hydrogen-bond donors (Lipinski definition) is 1. The lowest BCUT2D eigenvalue weighted by Gasteiger charge is -2.14. The van der Waals surface area contributed by atoms with Gasteiger partial charge in [-0.1, -0.05) is 19.1 Å². The molecule has 0 saturated carbocycles. The molecule has 3 heteroatoms. The van der Waals surface area contributed by atoms with Crippen LogP contribution in [0.25, 0.3) is 0 Å². The second kappa shape index (κ2) is 4.23. The van der Waals surface area contributed by atoms with Crippen molar-refractivity contribution in [2.45, 2.75) is 19.4 Å². The Hall–Kier alpha value is -1.09. The number of rotatable bonds is 3. The Bertz CT molecular complexity index is 284. The minimum atomic E-state index is -0.365. The molecule has 0 aromatic heterocycles. The number of anilines is 1. The summed E-state index contributed by atoms with van der Waals surface area (Å²) < 4.78 is 18.5. The molecule has 1 aromatic carbocycles. The second-order valence-electron chi connectivity index (χ2n) is 2.88. The zero-order chi connectivity index (χ0) is 9.84. The van der Waals surface area contributed by atoms with Gasteiger partial charge in [0.25, 0.3) is 0 Å². The molecular weight excluding hydrogens is 169 g/mol. The van der Waals surface area contributed by atoms with E-state index < -0.39 is 0 Å². The summed E-state index contributed by atoms with van der Waals surface area (Å²) in [6, 6.07) is 4.97. The molecule has 0 saturated heterocycles. The van der Waals surface area contributed by atoms with Crippen LogP contribution >= 0.6 is 0 Å². The van der Waals surface area contributed by atoms with Gasteiger partial charge in [-0.3, -0.25) is 0 Å². The molecule has 0 aliphatic rings. The number of benzene rings is 1. The third kappa shape index (κ3) is 1.98. The quantitative estimate of drug-likeness (QED) is 0.731. The van der Waals surface area contributed by atoms with Gasteiger partial charge >= 0.3 is 0 Å². The van der Waals surface area contributed by atoms with E-state index >= 15 is 0 Å². The molecule has 0 fully saturated rings. The van der Waals surface area contributed by atoms with E-state index in [1.807, 2.05) is 6.92 Å². The highest BCUT2D eigenvalue weighted by atomic mass is 19.1. The molecule has 2 N–H and O–H groups in total. The smallest absolute Gasteiger partial charge is 0.151 e. The zero-order valence-corrected chi connectivity index (χ0v) is 7.88. The third-order valence-corrected chi connectivity index (χ3v) is 2.06. The molecule has 1 aromatic rings. The van der Waals surface area contributed by atoms with Crippen molar-refractivity contribution in [1.29, 1.82) is 0 Å². The fourth-order valence-electron chi connectivity index (χ4n) is 1.33. The van der Waals surface area contributed by atoms with E-state index in [0.717, 1.165) is 6.42 Å². The predicted octanol–water partition coefficient (Wildman–Crippen LogP) is 2.51. The Morgan fingerprint density at radius 2 is 2.23 bits per heavy atom. The van der Waals surface area contributed by atoms with E-state index in [4.69, 9.17) is 10.5 Å². The van der Waals surface area contributed by atoms with Crippen LogP contribution in [-0.2, 0) is 4.74 Å². The van der Waals surface area contributed by atoms with Gasteiger partial charge in [-0.05, 0) is 12.5 Å². The van der Waals surface area contributed by atoms with Crippen LogP contribution in [0.15, 0.2) is 18.2 Å². The molecular formula is C10H14FNO. The monoisotopic (exact) mass is 183 g/mol. The van der Waals surface area contributed by atoms with Crippen molar-refractivity contribution in [1.82, 2.24) is 0 Å². The summed E-state index contributed by atoms with van der Waals surface area (Å²) in [4.78, 5) is 0. The van der Waals surface area contributed by atoms with Crippen molar-refractivity contribution in [3.63, 3.8) is 0 Å². The molecule has 1 rings (SSSR count). The van der Waals surface area contributed by atoms with Crippen LogP contribution in [0.3, 0.4) is 0 Å². The lowest BCUT2D eigenvalue weighted by Crippen LogP contribution is -2.04. The van der Waals surface area contributed by atoms with Crippen molar-refractivity contribution in [3.8, 4) is 0 Å². The average molecular weight is 183 g/mol. The molecule has 2 nitrogen and oxygen atoms in total. The molecule has 0 heterocycles. The highest BCUT2D eigenvalue weighted by Gasteiger charge is 2.14. The summed E-state index contributed by atoms with van der Waals surface area (Å²) in [5, 5.41) is 0. The van der Waals surface area contributed by atoms with Crippen molar-refractivity contribution in [2.24, 2.45) is 0 Å². The number of methoxy groups -OCH3 is 1. The topological polar surface area (TPSA) is 35.2 Å². The summed E-state index contributed by atoms with van der Waals surface area (Å²) >= 11 is 0. The van der Waals surface area contributed by atoms with Crippen LogP contribution in [0.4, 0.5) is 10.1 Å². The standard InChI is InChI=1S/C10H14FNO/c1-3-9(13-2)7-5-4-6-8(12)10(7)11/h4-6,9H,3,12H2,1-2H3. The van der Waals surface area contributed by atoms with E-state index in [2.05, 4.69) is 0 Å². The van der Waals surface area contributed by atoms with E-state index in [9.17, 15) is 4.39 Å². The van der Waals surface area contributed by atoms with E-state index in [0.29, 0.717) is 5.56 Å². The predicted molar refractivity (Wildman–Crippen MR) is 50.9 cm³/mol. The van der Waals surface area contributed by atoms with Gasteiger partial charge in [0.2, 0.25) is 0 Å². The first-order valence-electron chi connectivity index (χ1n) is 4.27. The Balaban J connectivity index is 3.05. The molecule has 13 heavy (non-hydrogen) atoms. The molecule has 0 spiro atoms. The molecule has 0 aliphatic heterocycles. The Kier molecular flexibility index (Phi) is 3.25. The fourth-order valence-corrected chi connectivity index (χ4v) is 1.33. The summed E-state index contributed by atoms with van der Waals surface area (Å²) in [7, 11) is 1.57. The van der Waals surface area contributed by atoms with Gasteiger partial charge in [0.15, 0.2) is 5.82 Å². The molecule has 0 amide bonds. The largest absolute Gasteiger partial charge is 0.396 e. The maximum atomic E-state index is 13.4.